The molecule has 1 fully saturated rings. The zero-order valence-electron chi connectivity index (χ0n) is 12.8. The van der Waals surface area contributed by atoms with Crippen LogP contribution in [0.15, 0.2) is 17.1 Å². The van der Waals surface area contributed by atoms with Crippen molar-refractivity contribution in [2.24, 2.45) is 4.99 Å². The molecular weight excluding hydrogens is 333 g/mol. The van der Waals surface area contributed by atoms with Crippen molar-refractivity contribution in [3.63, 3.8) is 0 Å². The topological polar surface area (TPSA) is 45.1 Å². The maximum absolute atomic E-state index is 13.5. The third-order valence-corrected chi connectivity index (χ3v) is 4.18. The summed E-state index contributed by atoms with van der Waals surface area (Å²) in [4.78, 5) is 5.84. The number of phenolic OH excluding ortho intramolecular Hbond substituents is 1. The average Bonchev–Trinajstić information content (AvgIpc) is 2.97. The lowest BCUT2D eigenvalue weighted by Gasteiger charge is -2.32. The van der Waals surface area contributed by atoms with E-state index in [-0.39, 0.29) is 35.7 Å². The van der Waals surface area contributed by atoms with E-state index in [1.807, 2.05) is 6.92 Å². The molecule has 0 aromatic heterocycles. The predicted molar refractivity (Wildman–Crippen MR) is 82.5 cm³/mol. The first-order valence-electron chi connectivity index (χ1n) is 7.19. The fourth-order valence-corrected chi connectivity index (χ4v) is 2.66. The Morgan fingerprint density at radius 3 is 2.70 bits per heavy atom. The van der Waals surface area contributed by atoms with Crippen molar-refractivity contribution in [2.75, 3.05) is 20.2 Å². The van der Waals surface area contributed by atoms with Crippen molar-refractivity contribution in [3.05, 3.63) is 22.7 Å². The van der Waals surface area contributed by atoms with Crippen LogP contribution in [0.25, 0.3) is 0 Å². The van der Waals surface area contributed by atoms with Crippen LogP contribution in [0.2, 0.25) is 5.02 Å². The number of aliphatic imine (C=N–C) groups is 1. The number of nitrogens with zero attached hydrogens (tertiary/aromatic N) is 2. The van der Waals surface area contributed by atoms with Gasteiger partial charge < -0.3 is 14.7 Å². The van der Waals surface area contributed by atoms with Crippen molar-refractivity contribution in [1.29, 1.82) is 0 Å². The standard InChI is InChI=1S/C15H18ClF3N2O2/c1-3-21(2)9-20-12-8-13(22)10(7-11(12)16)14(15(17,18)19)5-4-6-23-14/h7-9,22H,3-6H2,1-2H3. The van der Waals surface area contributed by atoms with Crippen LogP contribution in [0.1, 0.15) is 25.3 Å². The molecule has 1 aromatic rings. The highest BCUT2D eigenvalue weighted by atomic mass is 35.5. The van der Waals surface area contributed by atoms with Crippen molar-refractivity contribution in [1.82, 2.24) is 4.90 Å². The van der Waals surface area contributed by atoms with E-state index >= 15 is 0 Å². The Hall–Kier alpha value is -1.47. The second-order valence-electron chi connectivity index (χ2n) is 5.42. The smallest absolute Gasteiger partial charge is 0.421 e. The molecule has 0 saturated carbocycles. The number of alkyl halides is 3. The Balaban J connectivity index is 2.45. The molecule has 1 aliphatic heterocycles. The van der Waals surface area contributed by atoms with Crippen LogP contribution >= 0.6 is 11.6 Å². The van der Waals surface area contributed by atoms with Gasteiger partial charge in [-0.15, -0.1) is 0 Å². The summed E-state index contributed by atoms with van der Waals surface area (Å²) in [5.74, 6) is -0.528. The van der Waals surface area contributed by atoms with Gasteiger partial charge in [0.1, 0.15) is 5.75 Å². The molecule has 0 spiro atoms. The summed E-state index contributed by atoms with van der Waals surface area (Å²) in [5, 5.41) is 10.1. The van der Waals surface area contributed by atoms with Gasteiger partial charge in [-0.1, -0.05) is 11.6 Å². The molecule has 0 radical (unpaired) electrons. The first kappa shape index (κ1) is 17.9. The minimum Gasteiger partial charge on any atom is -0.507 e. The number of hydrogen-bond donors (Lipinski definition) is 1. The van der Waals surface area contributed by atoms with Crippen molar-refractivity contribution in [2.45, 2.75) is 31.5 Å². The Morgan fingerprint density at radius 1 is 1.48 bits per heavy atom. The van der Waals surface area contributed by atoms with Crippen molar-refractivity contribution >= 4 is 23.6 Å². The highest BCUT2D eigenvalue weighted by Crippen LogP contribution is 2.52. The lowest BCUT2D eigenvalue weighted by Crippen LogP contribution is -2.41. The van der Waals surface area contributed by atoms with Crippen LogP contribution in [0.5, 0.6) is 5.75 Å². The number of rotatable bonds is 4. The van der Waals surface area contributed by atoms with Gasteiger partial charge in [0.2, 0.25) is 0 Å². The Labute approximate surface area is 137 Å². The number of benzene rings is 1. The minimum absolute atomic E-state index is 0.0161. The van der Waals surface area contributed by atoms with Gasteiger partial charge in [-0.05, 0) is 25.8 Å². The zero-order valence-corrected chi connectivity index (χ0v) is 13.6. The van der Waals surface area contributed by atoms with Gasteiger partial charge in [-0.2, -0.15) is 13.2 Å². The SMILES string of the molecule is CCN(C)C=Nc1cc(O)c(C2(C(F)(F)F)CCCO2)cc1Cl. The van der Waals surface area contributed by atoms with Crippen molar-refractivity contribution < 1.29 is 23.0 Å². The molecule has 128 valence electrons. The summed E-state index contributed by atoms with van der Waals surface area (Å²) in [5.41, 5.74) is -2.68. The van der Waals surface area contributed by atoms with Crippen LogP contribution in [0, 0.1) is 0 Å². The number of phenols is 1. The van der Waals surface area contributed by atoms with Crippen LogP contribution in [-0.4, -0.2) is 42.7 Å². The van der Waals surface area contributed by atoms with Gasteiger partial charge in [-0.3, -0.25) is 0 Å². The van der Waals surface area contributed by atoms with Gasteiger partial charge in [0.15, 0.2) is 5.60 Å². The molecule has 8 heteroatoms. The van der Waals surface area contributed by atoms with Gasteiger partial charge >= 0.3 is 6.18 Å². The summed E-state index contributed by atoms with van der Waals surface area (Å²) in [6.07, 6.45) is -3.14. The summed E-state index contributed by atoms with van der Waals surface area (Å²) < 4.78 is 45.5. The molecule has 1 N–H and O–H groups in total. The molecule has 0 aliphatic carbocycles. The molecule has 1 aliphatic rings. The van der Waals surface area contributed by atoms with E-state index in [1.54, 1.807) is 11.9 Å². The number of ether oxygens (including phenoxy) is 1. The van der Waals surface area contributed by atoms with Crippen LogP contribution in [0.3, 0.4) is 0 Å². The van der Waals surface area contributed by atoms with Gasteiger partial charge in [-0.25, -0.2) is 4.99 Å². The molecule has 1 unspecified atom stereocenters. The lowest BCUT2D eigenvalue weighted by atomic mass is 9.89. The molecule has 23 heavy (non-hydrogen) atoms. The third kappa shape index (κ3) is 3.40. The second-order valence-corrected chi connectivity index (χ2v) is 5.82. The third-order valence-electron chi connectivity index (χ3n) is 3.87. The molecule has 4 nitrogen and oxygen atoms in total. The van der Waals surface area contributed by atoms with E-state index in [4.69, 9.17) is 16.3 Å². The number of aromatic hydroxyl groups is 1. The highest BCUT2D eigenvalue weighted by molar-refractivity contribution is 6.33. The molecule has 1 heterocycles. The van der Waals surface area contributed by atoms with E-state index in [2.05, 4.69) is 4.99 Å². The van der Waals surface area contributed by atoms with E-state index in [0.717, 1.165) is 12.1 Å². The fraction of sp³-hybridized carbons (Fsp3) is 0.533. The van der Waals surface area contributed by atoms with Crippen molar-refractivity contribution in [3.8, 4) is 5.75 Å². The summed E-state index contributed by atoms with van der Waals surface area (Å²) in [6.45, 7) is 2.60. The largest absolute Gasteiger partial charge is 0.507 e. The normalized spacial score (nSPS) is 22.0. The van der Waals surface area contributed by atoms with E-state index < -0.39 is 17.5 Å². The zero-order chi connectivity index (χ0) is 17.3. The van der Waals surface area contributed by atoms with E-state index in [0.29, 0.717) is 6.54 Å². The maximum atomic E-state index is 13.5. The number of hydrogen-bond acceptors (Lipinski definition) is 3. The van der Waals surface area contributed by atoms with E-state index in [1.165, 1.54) is 6.34 Å². The first-order chi connectivity index (χ1) is 10.7. The molecule has 2 rings (SSSR count). The molecular formula is C15H18ClF3N2O2. The fourth-order valence-electron chi connectivity index (χ4n) is 2.44. The van der Waals surface area contributed by atoms with Gasteiger partial charge in [0.05, 0.1) is 17.0 Å². The minimum atomic E-state index is -4.64. The van der Waals surface area contributed by atoms with Crippen LogP contribution in [-0.2, 0) is 10.3 Å². The van der Waals surface area contributed by atoms with Crippen LogP contribution < -0.4 is 0 Å². The first-order valence-corrected chi connectivity index (χ1v) is 7.57. The van der Waals surface area contributed by atoms with Crippen LogP contribution in [0.4, 0.5) is 18.9 Å². The molecule has 0 bridgehead atoms. The monoisotopic (exact) mass is 350 g/mol. The van der Waals surface area contributed by atoms with E-state index in [9.17, 15) is 18.3 Å². The summed E-state index contributed by atoms with van der Waals surface area (Å²) in [7, 11) is 1.79. The Kier molecular flexibility index (Phi) is 5.10. The molecule has 1 aromatic carbocycles. The quantitative estimate of drug-likeness (QED) is 0.653. The summed E-state index contributed by atoms with van der Waals surface area (Å²) >= 11 is 6.05. The maximum Gasteiger partial charge on any atom is 0.421 e. The second kappa shape index (κ2) is 6.57. The Morgan fingerprint density at radius 2 is 2.17 bits per heavy atom. The molecule has 1 atom stereocenters. The van der Waals surface area contributed by atoms with Gasteiger partial charge in [0.25, 0.3) is 0 Å². The molecule has 0 amide bonds. The Bertz CT molecular complexity index is 599. The average molecular weight is 351 g/mol. The predicted octanol–water partition coefficient (Wildman–Crippen LogP) is 4.23. The lowest BCUT2D eigenvalue weighted by molar-refractivity contribution is -0.269. The highest BCUT2D eigenvalue weighted by Gasteiger charge is 2.60. The van der Waals surface area contributed by atoms with Gasteiger partial charge in [0, 0.05) is 31.8 Å². The number of halogens is 4. The summed E-state index contributed by atoms with van der Waals surface area (Å²) in [6, 6.07) is 2.22. The molecule has 1 saturated heterocycles.